The number of amides is 1. The second kappa shape index (κ2) is 10.4. The van der Waals surface area contributed by atoms with Crippen molar-refractivity contribution in [3.8, 4) is 11.3 Å². The molecule has 4 aromatic rings. The summed E-state index contributed by atoms with van der Waals surface area (Å²) >= 11 is 0. The van der Waals surface area contributed by atoms with Gasteiger partial charge < -0.3 is 15.1 Å². The number of benzene rings is 3. The number of rotatable bonds is 9. The maximum absolute atomic E-state index is 12.3. The predicted octanol–water partition coefficient (Wildman–Crippen LogP) is 5.88. The molecule has 0 aliphatic carbocycles. The third kappa shape index (κ3) is 6.08. The van der Waals surface area contributed by atoms with Gasteiger partial charge in [0, 0.05) is 36.3 Å². The zero-order chi connectivity index (χ0) is 22.2. The molecule has 2 N–H and O–H groups in total. The Kier molecular flexibility index (Phi) is 6.98. The molecular weight excluding hydrogens is 398 g/mol. The van der Waals surface area contributed by atoms with Gasteiger partial charge in [0.05, 0.1) is 6.20 Å². The Morgan fingerprint density at radius 2 is 1.59 bits per heavy atom. The number of carbonyl (C=O) groups is 1. The average molecular weight is 426 g/mol. The first-order chi connectivity index (χ1) is 15.7. The van der Waals surface area contributed by atoms with Gasteiger partial charge in [-0.25, -0.2) is 4.98 Å². The Morgan fingerprint density at radius 1 is 0.875 bits per heavy atom. The normalized spacial score (nSPS) is 10.7. The van der Waals surface area contributed by atoms with Crippen molar-refractivity contribution in [3.05, 3.63) is 102 Å². The molecule has 0 radical (unpaired) electrons. The van der Waals surface area contributed by atoms with Crippen LogP contribution in [0.1, 0.15) is 23.4 Å². The van der Waals surface area contributed by atoms with Crippen LogP contribution in [0.2, 0.25) is 0 Å². The lowest BCUT2D eigenvalue weighted by atomic mass is 10.1. The highest BCUT2D eigenvalue weighted by atomic mass is 16.4. The molecule has 1 aromatic heterocycles. The third-order valence-electron chi connectivity index (χ3n) is 5.21. The molecule has 0 aliphatic heterocycles. The van der Waals surface area contributed by atoms with Gasteiger partial charge in [0.25, 0.3) is 0 Å². The molecule has 0 saturated heterocycles. The van der Waals surface area contributed by atoms with Crippen LogP contribution in [-0.2, 0) is 17.6 Å². The molecule has 162 valence electrons. The van der Waals surface area contributed by atoms with Crippen LogP contribution in [0.3, 0.4) is 0 Å². The van der Waals surface area contributed by atoms with E-state index in [4.69, 9.17) is 4.42 Å². The van der Waals surface area contributed by atoms with Crippen LogP contribution in [-0.4, -0.2) is 17.4 Å². The Morgan fingerprint density at radius 3 is 2.34 bits per heavy atom. The van der Waals surface area contributed by atoms with Gasteiger partial charge in [-0.2, -0.15) is 0 Å². The number of aromatic nitrogens is 1. The van der Waals surface area contributed by atoms with Gasteiger partial charge in [0.1, 0.15) is 0 Å². The third-order valence-corrected chi connectivity index (χ3v) is 5.21. The molecule has 3 aromatic carbocycles. The number of aryl methyl sites for hydroxylation is 2. The van der Waals surface area contributed by atoms with E-state index in [1.165, 1.54) is 11.1 Å². The van der Waals surface area contributed by atoms with Gasteiger partial charge >= 0.3 is 0 Å². The summed E-state index contributed by atoms with van der Waals surface area (Å²) in [7, 11) is 0. The Balaban J connectivity index is 1.21. The molecule has 0 bridgehead atoms. The summed E-state index contributed by atoms with van der Waals surface area (Å²) < 4.78 is 5.80. The number of carbonyl (C=O) groups excluding carboxylic acids is 1. The molecule has 4 rings (SSSR count). The largest absolute Gasteiger partial charge is 0.441 e. The summed E-state index contributed by atoms with van der Waals surface area (Å²) in [4.78, 5) is 16.6. The summed E-state index contributed by atoms with van der Waals surface area (Å²) in [6.45, 7) is 2.90. The minimum atomic E-state index is -0.0649. The molecule has 32 heavy (non-hydrogen) atoms. The maximum Gasteiger partial charge on any atom is 0.224 e. The van der Waals surface area contributed by atoms with Crippen LogP contribution in [0.4, 0.5) is 11.4 Å². The molecule has 1 heterocycles. The van der Waals surface area contributed by atoms with Crippen LogP contribution < -0.4 is 10.6 Å². The van der Waals surface area contributed by atoms with Crippen molar-refractivity contribution in [3.63, 3.8) is 0 Å². The van der Waals surface area contributed by atoms with E-state index in [-0.39, 0.29) is 5.91 Å². The summed E-state index contributed by atoms with van der Waals surface area (Å²) in [5.74, 6) is 1.22. The van der Waals surface area contributed by atoms with E-state index >= 15 is 0 Å². The van der Waals surface area contributed by atoms with Crippen LogP contribution in [0.5, 0.6) is 0 Å². The van der Waals surface area contributed by atoms with Gasteiger partial charge in [-0.3, -0.25) is 4.79 Å². The van der Waals surface area contributed by atoms with E-state index in [9.17, 15) is 4.79 Å². The number of nitrogens with zero attached hydrogens (tertiary/aromatic N) is 1. The standard InChI is InChI=1S/C27H27N3O2/c1-20-7-9-22(10-8-20)25-19-29-27(32-25)16-15-26(31)30-24-13-11-23(12-14-24)28-18-17-21-5-3-2-4-6-21/h2-14,19,28H,15-18H2,1H3,(H,30,31). The monoisotopic (exact) mass is 425 g/mol. The van der Waals surface area contributed by atoms with Crippen molar-refractivity contribution in [2.24, 2.45) is 0 Å². The average Bonchev–Trinajstić information content (AvgIpc) is 3.29. The van der Waals surface area contributed by atoms with E-state index in [1.807, 2.05) is 61.5 Å². The Labute approximate surface area is 188 Å². The minimum Gasteiger partial charge on any atom is -0.441 e. The van der Waals surface area contributed by atoms with Crippen molar-refractivity contribution in [2.45, 2.75) is 26.2 Å². The van der Waals surface area contributed by atoms with Crippen LogP contribution in [0.15, 0.2) is 89.5 Å². The summed E-state index contributed by atoms with van der Waals surface area (Å²) in [6, 6.07) is 26.2. The summed E-state index contributed by atoms with van der Waals surface area (Å²) in [5.41, 5.74) is 5.29. The fraction of sp³-hybridized carbons (Fsp3) is 0.185. The van der Waals surface area contributed by atoms with Crippen molar-refractivity contribution in [1.82, 2.24) is 4.98 Å². The molecule has 1 amide bonds. The first kappa shape index (κ1) is 21.4. The maximum atomic E-state index is 12.3. The highest BCUT2D eigenvalue weighted by Crippen LogP contribution is 2.21. The molecule has 0 saturated carbocycles. The molecule has 0 atom stereocenters. The fourth-order valence-corrected chi connectivity index (χ4v) is 3.39. The molecule has 0 unspecified atom stereocenters. The summed E-state index contributed by atoms with van der Waals surface area (Å²) in [6.07, 6.45) is 3.44. The van der Waals surface area contributed by atoms with Crippen molar-refractivity contribution >= 4 is 17.3 Å². The minimum absolute atomic E-state index is 0.0649. The number of oxazole rings is 1. The zero-order valence-electron chi connectivity index (χ0n) is 18.2. The van der Waals surface area contributed by atoms with Gasteiger partial charge in [0.15, 0.2) is 11.7 Å². The number of hydrogen-bond donors (Lipinski definition) is 2. The number of hydrogen-bond acceptors (Lipinski definition) is 4. The smallest absolute Gasteiger partial charge is 0.224 e. The van der Waals surface area contributed by atoms with Gasteiger partial charge in [-0.05, 0) is 43.2 Å². The highest BCUT2D eigenvalue weighted by Gasteiger charge is 2.09. The van der Waals surface area contributed by atoms with Crippen molar-refractivity contribution < 1.29 is 9.21 Å². The van der Waals surface area contributed by atoms with E-state index in [0.29, 0.717) is 18.7 Å². The SMILES string of the molecule is Cc1ccc(-c2cnc(CCC(=O)Nc3ccc(NCCc4ccccc4)cc3)o2)cc1. The Bertz CT molecular complexity index is 1130. The van der Waals surface area contributed by atoms with Crippen LogP contribution in [0.25, 0.3) is 11.3 Å². The molecule has 5 heteroatoms. The van der Waals surface area contributed by atoms with Gasteiger partial charge in [0.2, 0.25) is 5.91 Å². The summed E-state index contributed by atoms with van der Waals surface area (Å²) in [5, 5.41) is 6.34. The zero-order valence-corrected chi connectivity index (χ0v) is 18.2. The second-order valence-corrected chi connectivity index (χ2v) is 7.77. The fourth-order valence-electron chi connectivity index (χ4n) is 3.39. The van der Waals surface area contributed by atoms with Crippen molar-refractivity contribution in [2.75, 3.05) is 17.2 Å². The lowest BCUT2D eigenvalue weighted by molar-refractivity contribution is -0.116. The van der Waals surface area contributed by atoms with E-state index in [2.05, 4.69) is 39.9 Å². The van der Waals surface area contributed by atoms with Crippen LogP contribution in [0, 0.1) is 6.92 Å². The first-order valence-corrected chi connectivity index (χ1v) is 10.9. The first-order valence-electron chi connectivity index (χ1n) is 10.9. The molecule has 0 fully saturated rings. The lowest BCUT2D eigenvalue weighted by Gasteiger charge is -2.09. The van der Waals surface area contributed by atoms with E-state index < -0.39 is 0 Å². The molecule has 0 spiro atoms. The van der Waals surface area contributed by atoms with E-state index in [1.54, 1.807) is 6.20 Å². The topological polar surface area (TPSA) is 67.2 Å². The predicted molar refractivity (Wildman–Crippen MR) is 129 cm³/mol. The van der Waals surface area contributed by atoms with Gasteiger partial charge in [-0.15, -0.1) is 0 Å². The van der Waals surface area contributed by atoms with Crippen LogP contribution >= 0.6 is 0 Å². The molecular formula is C27H27N3O2. The molecule has 0 aliphatic rings. The quantitative estimate of drug-likeness (QED) is 0.352. The highest BCUT2D eigenvalue weighted by molar-refractivity contribution is 5.90. The number of nitrogens with one attached hydrogen (secondary N) is 2. The lowest BCUT2D eigenvalue weighted by Crippen LogP contribution is -2.12. The molecule has 5 nitrogen and oxygen atoms in total. The second-order valence-electron chi connectivity index (χ2n) is 7.77. The number of anilines is 2. The Hall–Kier alpha value is -3.86. The van der Waals surface area contributed by atoms with E-state index in [0.717, 1.165) is 35.7 Å². The van der Waals surface area contributed by atoms with Crippen molar-refractivity contribution in [1.29, 1.82) is 0 Å². The van der Waals surface area contributed by atoms with Gasteiger partial charge in [-0.1, -0.05) is 60.2 Å².